The predicted molar refractivity (Wildman–Crippen MR) is 75.3 cm³/mol. The lowest BCUT2D eigenvalue weighted by Crippen LogP contribution is -2.47. The molecule has 1 atom stereocenters. The van der Waals surface area contributed by atoms with Gasteiger partial charge in [-0.3, -0.25) is 4.79 Å². The molecule has 0 heterocycles. The Morgan fingerprint density at radius 3 is 2.39 bits per heavy atom. The summed E-state index contributed by atoms with van der Waals surface area (Å²) in [7, 11) is 0. The van der Waals surface area contributed by atoms with Crippen molar-refractivity contribution >= 4 is 5.91 Å². The van der Waals surface area contributed by atoms with Crippen LogP contribution >= 0.6 is 0 Å². The fourth-order valence-corrected chi connectivity index (χ4v) is 2.08. The van der Waals surface area contributed by atoms with Crippen LogP contribution < -0.4 is 5.73 Å². The number of aryl methyl sites for hydroxylation is 1. The average molecular weight is 248 g/mol. The summed E-state index contributed by atoms with van der Waals surface area (Å²) in [5.74, 6) is 0.0587. The van der Waals surface area contributed by atoms with Gasteiger partial charge in [-0.05, 0) is 39.2 Å². The zero-order valence-electron chi connectivity index (χ0n) is 11.6. The highest BCUT2D eigenvalue weighted by atomic mass is 16.2. The van der Waals surface area contributed by atoms with E-state index < -0.39 is 6.04 Å². The third-order valence-electron chi connectivity index (χ3n) is 3.15. The lowest BCUT2D eigenvalue weighted by atomic mass is 10.0. The molecule has 0 aromatic heterocycles. The van der Waals surface area contributed by atoms with Gasteiger partial charge in [-0.2, -0.15) is 0 Å². The standard InChI is InChI=1S/C15H24N2O/c1-4-17(12(2)3)15(18)14(16)11-10-13-8-6-5-7-9-13/h5-9,12,14H,4,10-11,16H2,1-3H3. The summed E-state index contributed by atoms with van der Waals surface area (Å²) in [6.45, 7) is 6.74. The Morgan fingerprint density at radius 2 is 1.89 bits per heavy atom. The van der Waals surface area contributed by atoms with Gasteiger partial charge in [-0.15, -0.1) is 0 Å². The molecule has 0 radical (unpaired) electrons. The number of hydrogen-bond acceptors (Lipinski definition) is 2. The third kappa shape index (κ3) is 4.15. The van der Waals surface area contributed by atoms with Crippen LogP contribution in [0, 0.1) is 0 Å². The highest BCUT2D eigenvalue weighted by molar-refractivity contribution is 5.81. The molecule has 1 aromatic carbocycles. The number of likely N-dealkylation sites (N-methyl/N-ethyl adjacent to an activating group) is 1. The summed E-state index contributed by atoms with van der Waals surface area (Å²) >= 11 is 0. The van der Waals surface area contributed by atoms with E-state index in [1.54, 1.807) is 0 Å². The van der Waals surface area contributed by atoms with Gasteiger partial charge < -0.3 is 10.6 Å². The molecule has 1 aromatic rings. The van der Waals surface area contributed by atoms with E-state index in [0.29, 0.717) is 6.42 Å². The Bertz CT molecular complexity index is 362. The van der Waals surface area contributed by atoms with Crippen molar-refractivity contribution in [3.05, 3.63) is 35.9 Å². The lowest BCUT2D eigenvalue weighted by Gasteiger charge is -2.28. The van der Waals surface area contributed by atoms with Gasteiger partial charge in [0.2, 0.25) is 5.91 Å². The molecule has 0 fully saturated rings. The molecule has 0 saturated heterocycles. The summed E-state index contributed by atoms with van der Waals surface area (Å²) in [6, 6.07) is 9.96. The second-order valence-electron chi connectivity index (χ2n) is 4.85. The molecule has 0 bridgehead atoms. The van der Waals surface area contributed by atoms with Crippen LogP contribution in [-0.4, -0.2) is 29.4 Å². The molecule has 0 spiro atoms. The summed E-state index contributed by atoms with van der Waals surface area (Å²) in [5, 5.41) is 0. The minimum atomic E-state index is -0.396. The zero-order chi connectivity index (χ0) is 13.5. The smallest absolute Gasteiger partial charge is 0.239 e. The van der Waals surface area contributed by atoms with Crippen LogP contribution in [0.5, 0.6) is 0 Å². The van der Waals surface area contributed by atoms with Crippen LogP contribution in [0.1, 0.15) is 32.8 Å². The highest BCUT2D eigenvalue weighted by Gasteiger charge is 2.21. The number of amides is 1. The first-order chi connectivity index (χ1) is 8.56. The maximum atomic E-state index is 12.1. The average Bonchev–Trinajstić information content (AvgIpc) is 2.37. The number of rotatable bonds is 6. The van der Waals surface area contributed by atoms with Crippen molar-refractivity contribution < 1.29 is 4.79 Å². The molecule has 0 aliphatic rings. The van der Waals surface area contributed by atoms with E-state index in [1.165, 1.54) is 5.56 Å². The molecule has 1 amide bonds. The van der Waals surface area contributed by atoms with Crippen molar-refractivity contribution in [3.8, 4) is 0 Å². The van der Waals surface area contributed by atoms with Gasteiger partial charge in [-0.25, -0.2) is 0 Å². The number of carbonyl (C=O) groups is 1. The van der Waals surface area contributed by atoms with Crippen molar-refractivity contribution in [2.45, 2.75) is 45.7 Å². The first-order valence-corrected chi connectivity index (χ1v) is 6.66. The van der Waals surface area contributed by atoms with Crippen molar-refractivity contribution in [2.24, 2.45) is 5.73 Å². The maximum absolute atomic E-state index is 12.1. The van der Waals surface area contributed by atoms with Crippen LogP contribution in [0.15, 0.2) is 30.3 Å². The maximum Gasteiger partial charge on any atom is 0.239 e. The summed E-state index contributed by atoms with van der Waals surface area (Å²) in [5.41, 5.74) is 7.22. The van der Waals surface area contributed by atoms with Crippen molar-refractivity contribution in [2.75, 3.05) is 6.54 Å². The molecule has 0 saturated carbocycles. The normalized spacial score (nSPS) is 12.5. The number of benzene rings is 1. The number of nitrogens with zero attached hydrogens (tertiary/aromatic N) is 1. The Hall–Kier alpha value is -1.35. The van der Waals surface area contributed by atoms with Gasteiger partial charge in [0.1, 0.15) is 0 Å². The van der Waals surface area contributed by atoms with E-state index in [2.05, 4.69) is 12.1 Å². The number of carbonyl (C=O) groups excluding carboxylic acids is 1. The second-order valence-corrected chi connectivity index (χ2v) is 4.85. The Morgan fingerprint density at radius 1 is 1.28 bits per heavy atom. The van der Waals surface area contributed by atoms with Gasteiger partial charge in [0.25, 0.3) is 0 Å². The third-order valence-corrected chi connectivity index (χ3v) is 3.15. The van der Waals surface area contributed by atoms with E-state index in [0.717, 1.165) is 13.0 Å². The topological polar surface area (TPSA) is 46.3 Å². The molecule has 1 unspecified atom stereocenters. The highest BCUT2D eigenvalue weighted by Crippen LogP contribution is 2.07. The molecule has 0 aliphatic carbocycles. The van der Waals surface area contributed by atoms with Gasteiger partial charge in [-0.1, -0.05) is 30.3 Å². The van der Waals surface area contributed by atoms with Gasteiger partial charge in [0.15, 0.2) is 0 Å². The number of hydrogen-bond donors (Lipinski definition) is 1. The number of nitrogens with two attached hydrogens (primary N) is 1. The molecule has 18 heavy (non-hydrogen) atoms. The SMILES string of the molecule is CCN(C(=O)C(N)CCc1ccccc1)C(C)C. The predicted octanol–water partition coefficient (Wildman–Crippen LogP) is 2.20. The molecular weight excluding hydrogens is 224 g/mol. The summed E-state index contributed by atoms with van der Waals surface area (Å²) in [6.07, 6.45) is 1.55. The Balaban J connectivity index is 2.50. The largest absolute Gasteiger partial charge is 0.339 e. The fourth-order valence-electron chi connectivity index (χ4n) is 2.08. The molecule has 2 N–H and O–H groups in total. The van der Waals surface area contributed by atoms with Crippen LogP contribution in [0.4, 0.5) is 0 Å². The fraction of sp³-hybridized carbons (Fsp3) is 0.533. The molecule has 100 valence electrons. The second kappa shape index (κ2) is 7.17. The van der Waals surface area contributed by atoms with Crippen LogP contribution in [0.25, 0.3) is 0 Å². The van der Waals surface area contributed by atoms with Crippen molar-refractivity contribution in [1.82, 2.24) is 4.90 Å². The quantitative estimate of drug-likeness (QED) is 0.839. The Kier molecular flexibility index (Phi) is 5.86. The van der Waals surface area contributed by atoms with E-state index >= 15 is 0 Å². The molecule has 3 nitrogen and oxygen atoms in total. The van der Waals surface area contributed by atoms with Crippen LogP contribution in [0.2, 0.25) is 0 Å². The van der Waals surface area contributed by atoms with Gasteiger partial charge in [0.05, 0.1) is 6.04 Å². The minimum Gasteiger partial charge on any atom is -0.339 e. The monoisotopic (exact) mass is 248 g/mol. The lowest BCUT2D eigenvalue weighted by molar-refractivity contribution is -0.134. The molecule has 3 heteroatoms. The summed E-state index contributed by atoms with van der Waals surface area (Å²) in [4.78, 5) is 14.0. The first-order valence-electron chi connectivity index (χ1n) is 6.66. The van der Waals surface area contributed by atoms with Crippen molar-refractivity contribution in [3.63, 3.8) is 0 Å². The molecular formula is C15H24N2O. The van der Waals surface area contributed by atoms with E-state index in [-0.39, 0.29) is 11.9 Å². The van der Waals surface area contributed by atoms with Gasteiger partial charge in [0, 0.05) is 12.6 Å². The summed E-state index contributed by atoms with van der Waals surface area (Å²) < 4.78 is 0. The first kappa shape index (κ1) is 14.7. The minimum absolute atomic E-state index is 0.0587. The molecule has 1 rings (SSSR count). The Labute approximate surface area is 110 Å². The van der Waals surface area contributed by atoms with E-state index in [9.17, 15) is 4.79 Å². The van der Waals surface area contributed by atoms with E-state index in [4.69, 9.17) is 5.73 Å². The zero-order valence-corrected chi connectivity index (χ0v) is 11.6. The van der Waals surface area contributed by atoms with E-state index in [1.807, 2.05) is 43.9 Å². The molecule has 0 aliphatic heterocycles. The van der Waals surface area contributed by atoms with Crippen LogP contribution in [-0.2, 0) is 11.2 Å². The van der Waals surface area contributed by atoms with Crippen LogP contribution in [0.3, 0.4) is 0 Å². The van der Waals surface area contributed by atoms with Crippen molar-refractivity contribution in [1.29, 1.82) is 0 Å². The van der Waals surface area contributed by atoms with Gasteiger partial charge >= 0.3 is 0 Å².